The van der Waals surface area contributed by atoms with Gasteiger partial charge in [-0.2, -0.15) is 0 Å². The first-order valence-electron chi connectivity index (χ1n) is 5.76. The van der Waals surface area contributed by atoms with Gasteiger partial charge in [-0.3, -0.25) is 0 Å². The zero-order valence-corrected chi connectivity index (χ0v) is 13.8. The summed E-state index contributed by atoms with van der Waals surface area (Å²) in [5.41, 5.74) is 1.76. The van der Waals surface area contributed by atoms with Gasteiger partial charge in [0.2, 0.25) is 0 Å². The van der Waals surface area contributed by atoms with Gasteiger partial charge in [0, 0.05) is 10.6 Å². The average molecular weight is 343 g/mol. The highest BCUT2D eigenvalue weighted by molar-refractivity contribution is 7.98. The van der Waals surface area contributed by atoms with Crippen molar-refractivity contribution in [2.24, 2.45) is 0 Å². The molecule has 0 atom stereocenters. The third-order valence-corrected chi connectivity index (χ3v) is 4.27. The summed E-state index contributed by atoms with van der Waals surface area (Å²) >= 11 is 18.8. The Hall–Kier alpha value is -0.940. The fraction of sp³-hybridized carbons (Fsp3) is 0.0714. The number of benzene rings is 2. The van der Waals surface area contributed by atoms with Crippen molar-refractivity contribution < 1.29 is 0 Å². The molecule has 0 amide bonds. The molecule has 20 heavy (non-hydrogen) atoms. The standard InChI is InChI=1S/C14H12Cl2N2S2/c1-20-13-5-3-2-4-12(13)18-14(19)17-9-6-7-10(15)11(16)8-9/h2-8H,1H3,(H2,17,18,19). The minimum atomic E-state index is 0.490. The van der Waals surface area contributed by atoms with Crippen molar-refractivity contribution in [3.05, 3.63) is 52.5 Å². The fourth-order valence-electron chi connectivity index (χ4n) is 1.61. The van der Waals surface area contributed by atoms with Gasteiger partial charge >= 0.3 is 0 Å². The SMILES string of the molecule is CSc1ccccc1NC(=S)Nc1ccc(Cl)c(Cl)c1. The lowest BCUT2D eigenvalue weighted by molar-refractivity contribution is 1.44. The average Bonchev–Trinajstić information content (AvgIpc) is 2.43. The third kappa shape index (κ3) is 4.03. The molecular weight excluding hydrogens is 331 g/mol. The van der Waals surface area contributed by atoms with Crippen LogP contribution in [0.15, 0.2) is 47.4 Å². The van der Waals surface area contributed by atoms with E-state index in [-0.39, 0.29) is 0 Å². The van der Waals surface area contributed by atoms with Crippen molar-refractivity contribution in [2.75, 3.05) is 16.9 Å². The quantitative estimate of drug-likeness (QED) is 0.566. The highest BCUT2D eigenvalue weighted by Gasteiger charge is 2.04. The van der Waals surface area contributed by atoms with Gasteiger partial charge in [-0.05, 0) is 48.8 Å². The normalized spacial score (nSPS) is 10.2. The number of halogens is 2. The molecule has 2 nitrogen and oxygen atoms in total. The minimum absolute atomic E-state index is 0.490. The summed E-state index contributed by atoms with van der Waals surface area (Å²) in [7, 11) is 0. The Balaban J connectivity index is 2.07. The molecule has 0 heterocycles. The Morgan fingerprint density at radius 2 is 1.80 bits per heavy atom. The molecule has 2 N–H and O–H groups in total. The van der Waals surface area contributed by atoms with Crippen molar-refractivity contribution in [1.82, 2.24) is 0 Å². The molecular formula is C14H12Cl2N2S2. The highest BCUT2D eigenvalue weighted by atomic mass is 35.5. The molecule has 2 aromatic carbocycles. The number of rotatable bonds is 3. The Morgan fingerprint density at radius 1 is 1.05 bits per heavy atom. The van der Waals surface area contributed by atoms with Gasteiger partial charge in [-0.15, -0.1) is 11.8 Å². The van der Waals surface area contributed by atoms with E-state index in [1.165, 1.54) is 0 Å². The lowest BCUT2D eigenvalue weighted by Gasteiger charge is -2.13. The minimum Gasteiger partial charge on any atom is -0.332 e. The van der Waals surface area contributed by atoms with Crippen LogP contribution in [-0.2, 0) is 0 Å². The zero-order valence-electron chi connectivity index (χ0n) is 10.6. The van der Waals surface area contributed by atoms with Gasteiger partial charge in [-0.25, -0.2) is 0 Å². The molecule has 0 aliphatic carbocycles. The van der Waals surface area contributed by atoms with E-state index in [0.29, 0.717) is 15.2 Å². The maximum Gasteiger partial charge on any atom is 0.175 e. The molecule has 0 fully saturated rings. The summed E-state index contributed by atoms with van der Waals surface area (Å²) in [5.74, 6) is 0. The summed E-state index contributed by atoms with van der Waals surface area (Å²) in [6.45, 7) is 0. The first-order valence-corrected chi connectivity index (χ1v) is 8.15. The van der Waals surface area contributed by atoms with E-state index >= 15 is 0 Å². The maximum atomic E-state index is 5.97. The number of thioether (sulfide) groups is 1. The molecule has 0 radical (unpaired) electrons. The summed E-state index contributed by atoms with van der Waals surface area (Å²) in [4.78, 5) is 1.13. The summed E-state index contributed by atoms with van der Waals surface area (Å²) in [5, 5.41) is 7.76. The molecule has 104 valence electrons. The molecule has 0 saturated carbocycles. The smallest absolute Gasteiger partial charge is 0.175 e. The Labute approximate surface area is 137 Å². The topological polar surface area (TPSA) is 24.1 Å². The predicted molar refractivity (Wildman–Crippen MR) is 94.5 cm³/mol. The monoisotopic (exact) mass is 342 g/mol. The molecule has 0 aliphatic heterocycles. The fourth-order valence-corrected chi connectivity index (χ4v) is 2.69. The van der Waals surface area contributed by atoms with Crippen LogP contribution in [0.3, 0.4) is 0 Å². The molecule has 0 bridgehead atoms. The van der Waals surface area contributed by atoms with Crippen LogP contribution in [0.25, 0.3) is 0 Å². The molecule has 0 aromatic heterocycles. The molecule has 6 heteroatoms. The first-order chi connectivity index (χ1) is 9.60. The Kier molecular flexibility index (Phi) is 5.54. The number of para-hydroxylation sites is 1. The number of anilines is 2. The van der Waals surface area contributed by atoms with E-state index in [1.807, 2.05) is 36.6 Å². The van der Waals surface area contributed by atoms with Crippen LogP contribution >= 0.6 is 47.2 Å². The van der Waals surface area contributed by atoms with Crippen molar-refractivity contribution in [3.63, 3.8) is 0 Å². The van der Waals surface area contributed by atoms with Crippen molar-refractivity contribution >= 4 is 63.7 Å². The van der Waals surface area contributed by atoms with Gasteiger partial charge in [-0.1, -0.05) is 35.3 Å². The van der Waals surface area contributed by atoms with Crippen LogP contribution in [-0.4, -0.2) is 11.4 Å². The van der Waals surface area contributed by atoms with Crippen LogP contribution in [0.2, 0.25) is 10.0 Å². The van der Waals surface area contributed by atoms with Gasteiger partial charge < -0.3 is 10.6 Å². The van der Waals surface area contributed by atoms with E-state index < -0.39 is 0 Å². The zero-order chi connectivity index (χ0) is 14.5. The number of nitrogens with one attached hydrogen (secondary N) is 2. The second kappa shape index (κ2) is 7.18. The molecule has 0 spiro atoms. The van der Waals surface area contributed by atoms with Crippen LogP contribution in [0.5, 0.6) is 0 Å². The second-order valence-corrected chi connectivity index (χ2v) is 5.98. The highest BCUT2D eigenvalue weighted by Crippen LogP contribution is 2.26. The number of thiocarbonyl (C=S) groups is 1. The lowest BCUT2D eigenvalue weighted by Crippen LogP contribution is -2.19. The van der Waals surface area contributed by atoms with Gasteiger partial charge in [0.1, 0.15) is 0 Å². The predicted octanol–water partition coefficient (Wildman–Crippen LogP) is 5.52. The van der Waals surface area contributed by atoms with Crippen LogP contribution in [0, 0.1) is 0 Å². The van der Waals surface area contributed by atoms with Gasteiger partial charge in [0.25, 0.3) is 0 Å². The largest absolute Gasteiger partial charge is 0.332 e. The van der Waals surface area contributed by atoms with Crippen LogP contribution in [0.1, 0.15) is 0 Å². The van der Waals surface area contributed by atoms with Crippen molar-refractivity contribution in [2.45, 2.75) is 4.90 Å². The Bertz CT molecular complexity index is 632. The van der Waals surface area contributed by atoms with Crippen LogP contribution in [0.4, 0.5) is 11.4 Å². The summed E-state index contributed by atoms with van der Waals surface area (Å²) in [6.07, 6.45) is 2.02. The number of hydrogen-bond acceptors (Lipinski definition) is 2. The van der Waals surface area contributed by atoms with E-state index in [0.717, 1.165) is 16.3 Å². The molecule has 0 unspecified atom stereocenters. The molecule has 0 aliphatic rings. The van der Waals surface area contributed by atoms with Crippen molar-refractivity contribution in [3.8, 4) is 0 Å². The Morgan fingerprint density at radius 3 is 2.50 bits per heavy atom. The van der Waals surface area contributed by atoms with E-state index in [9.17, 15) is 0 Å². The van der Waals surface area contributed by atoms with E-state index in [4.69, 9.17) is 35.4 Å². The van der Waals surface area contributed by atoms with Crippen LogP contribution < -0.4 is 10.6 Å². The lowest BCUT2D eigenvalue weighted by atomic mass is 10.3. The summed E-state index contributed by atoms with van der Waals surface area (Å²) in [6, 6.07) is 13.3. The second-order valence-electron chi connectivity index (χ2n) is 3.91. The van der Waals surface area contributed by atoms with E-state index in [2.05, 4.69) is 10.6 Å². The first kappa shape index (κ1) is 15.4. The van der Waals surface area contributed by atoms with E-state index in [1.54, 1.807) is 23.9 Å². The maximum absolute atomic E-state index is 5.97. The molecule has 2 aromatic rings. The van der Waals surface area contributed by atoms with Crippen molar-refractivity contribution in [1.29, 1.82) is 0 Å². The number of hydrogen-bond donors (Lipinski definition) is 2. The molecule has 0 saturated heterocycles. The third-order valence-electron chi connectivity index (χ3n) is 2.53. The summed E-state index contributed by atoms with van der Waals surface area (Å²) < 4.78 is 0. The van der Waals surface area contributed by atoms with Gasteiger partial charge in [0.05, 0.1) is 15.7 Å². The van der Waals surface area contributed by atoms with Gasteiger partial charge in [0.15, 0.2) is 5.11 Å². The molecule has 2 rings (SSSR count).